The summed E-state index contributed by atoms with van der Waals surface area (Å²) in [6.45, 7) is 0. The van der Waals surface area contributed by atoms with Crippen LogP contribution in [-0.2, 0) is 0 Å². The van der Waals surface area contributed by atoms with Gasteiger partial charge in [0.25, 0.3) is 0 Å². The molecule has 0 saturated heterocycles. The molecule has 0 saturated carbocycles. The van der Waals surface area contributed by atoms with Crippen LogP contribution in [0.1, 0.15) is 15.9 Å². The minimum atomic E-state index is 0.0794. The van der Waals surface area contributed by atoms with E-state index in [1.54, 1.807) is 0 Å². The maximum atomic E-state index is 13.0. The van der Waals surface area contributed by atoms with Gasteiger partial charge in [-0.05, 0) is 16.8 Å². The Kier molecular flexibility index (Phi) is 2.53. The molecule has 1 heterocycles. The van der Waals surface area contributed by atoms with Gasteiger partial charge in [-0.15, -0.1) is 0 Å². The summed E-state index contributed by atoms with van der Waals surface area (Å²) in [6.07, 6.45) is 3.69. The lowest BCUT2D eigenvalue weighted by Gasteiger charge is -2.21. The fourth-order valence-corrected chi connectivity index (χ4v) is 4.13. The van der Waals surface area contributed by atoms with Crippen molar-refractivity contribution < 1.29 is 4.79 Å². The molecule has 3 heteroatoms. The number of nitrogens with zero attached hydrogens (tertiary/aromatic N) is 1. The number of hydrogen-bond acceptors (Lipinski definition) is 2. The molecule has 3 aromatic carbocycles. The molecule has 0 radical (unpaired) electrons. The van der Waals surface area contributed by atoms with Gasteiger partial charge in [0.05, 0.1) is 0 Å². The van der Waals surface area contributed by atoms with Crippen molar-refractivity contribution in [1.29, 1.82) is 0 Å². The van der Waals surface area contributed by atoms with Crippen LogP contribution in [0.3, 0.4) is 0 Å². The first-order valence-electron chi connectivity index (χ1n) is 7.39. The number of halogens is 1. The highest BCUT2D eigenvalue weighted by atomic mass is 79.9. The van der Waals surface area contributed by atoms with E-state index in [0.29, 0.717) is 0 Å². The highest BCUT2D eigenvalue weighted by molar-refractivity contribution is 9.10. The third-order valence-electron chi connectivity index (χ3n) is 4.54. The van der Waals surface area contributed by atoms with Crippen LogP contribution in [0.25, 0.3) is 32.7 Å². The molecule has 0 atom stereocenters. The third-order valence-corrected chi connectivity index (χ3v) is 5.19. The topological polar surface area (TPSA) is 30.0 Å². The molecule has 0 N–H and O–H groups in total. The largest absolute Gasteiger partial charge is 0.289 e. The molecule has 1 aromatic heterocycles. The Morgan fingerprint density at radius 2 is 1.65 bits per heavy atom. The van der Waals surface area contributed by atoms with Crippen molar-refractivity contribution in [1.82, 2.24) is 4.98 Å². The van der Waals surface area contributed by atoms with Gasteiger partial charge in [0.15, 0.2) is 5.78 Å². The maximum Gasteiger partial charge on any atom is 0.194 e. The van der Waals surface area contributed by atoms with E-state index in [4.69, 9.17) is 0 Å². The maximum absolute atomic E-state index is 13.0. The van der Waals surface area contributed by atoms with Crippen LogP contribution < -0.4 is 0 Å². The van der Waals surface area contributed by atoms with Gasteiger partial charge in [-0.25, -0.2) is 0 Å². The first-order chi connectivity index (χ1) is 11.3. The van der Waals surface area contributed by atoms with Crippen LogP contribution >= 0.6 is 15.9 Å². The van der Waals surface area contributed by atoms with Crippen LogP contribution in [-0.4, -0.2) is 10.8 Å². The molecule has 0 aliphatic heterocycles. The van der Waals surface area contributed by atoms with Crippen LogP contribution in [0.2, 0.25) is 0 Å². The summed E-state index contributed by atoms with van der Waals surface area (Å²) in [4.78, 5) is 17.4. The summed E-state index contributed by atoms with van der Waals surface area (Å²) in [5.74, 6) is 0.0794. The third kappa shape index (κ3) is 1.63. The van der Waals surface area contributed by atoms with Crippen LogP contribution in [0.15, 0.2) is 65.4 Å². The molecule has 4 aromatic rings. The Morgan fingerprint density at radius 1 is 0.826 bits per heavy atom. The lowest BCUT2D eigenvalue weighted by Crippen LogP contribution is -2.10. The number of rotatable bonds is 0. The minimum absolute atomic E-state index is 0.0794. The van der Waals surface area contributed by atoms with Crippen molar-refractivity contribution >= 4 is 43.3 Å². The van der Waals surface area contributed by atoms with Crippen LogP contribution in [0.5, 0.6) is 0 Å². The van der Waals surface area contributed by atoms with Gasteiger partial charge in [0.2, 0.25) is 0 Å². The van der Waals surface area contributed by atoms with Crippen molar-refractivity contribution in [2.24, 2.45) is 0 Å². The number of carbonyl (C=O) groups is 1. The van der Waals surface area contributed by atoms with Gasteiger partial charge >= 0.3 is 0 Å². The van der Waals surface area contributed by atoms with Gasteiger partial charge in [0.1, 0.15) is 0 Å². The Bertz CT molecular complexity index is 1140. The van der Waals surface area contributed by atoms with E-state index >= 15 is 0 Å². The first-order valence-corrected chi connectivity index (χ1v) is 8.18. The molecule has 0 fully saturated rings. The fraction of sp³-hybridized carbons (Fsp3) is 0. The van der Waals surface area contributed by atoms with E-state index in [9.17, 15) is 4.79 Å². The minimum Gasteiger partial charge on any atom is -0.289 e. The second-order valence-electron chi connectivity index (χ2n) is 5.75. The van der Waals surface area contributed by atoms with Crippen molar-refractivity contribution in [3.8, 4) is 11.1 Å². The van der Waals surface area contributed by atoms with Gasteiger partial charge in [-0.3, -0.25) is 9.78 Å². The molecular weight excluding hydrogens is 350 g/mol. The molecular formula is C20H10BrNO. The number of carbonyl (C=O) groups excluding carboxylic acids is 1. The molecule has 2 nitrogen and oxygen atoms in total. The van der Waals surface area contributed by atoms with Gasteiger partial charge in [-0.1, -0.05) is 58.4 Å². The SMILES string of the molecule is O=C1c2cc(Br)c3ccccc3c2-c2cncc3cccc1c23. The fourth-order valence-electron chi connectivity index (χ4n) is 3.56. The Hall–Kier alpha value is -2.52. The number of hydrogen-bond donors (Lipinski definition) is 0. The second kappa shape index (κ2) is 4.49. The van der Waals surface area contributed by atoms with Crippen LogP contribution in [0, 0.1) is 0 Å². The number of pyridine rings is 1. The zero-order valence-electron chi connectivity index (χ0n) is 12.0. The Labute approximate surface area is 140 Å². The summed E-state index contributed by atoms with van der Waals surface area (Å²) >= 11 is 3.61. The molecule has 0 bridgehead atoms. The van der Waals surface area contributed by atoms with Gasteiger partial charge < -0.3 is 0 Å². The van der Waals surface area contributed by atoms with Crippen LogP contribution in [0.4, 0.5) is 0 Å². The zero-order chi connectivity index (χ0) is 15.6. The van der Waals surface area contributed by atoms with E-state index in [1.165, 1.54) is 0 Å². The van der Waals surface area contributed by atoms with Gasteiger partial charge in [-0.2, -0.15) is 0 Å². The molecule has 1 aliphatic carbocycles. The molecule has 0 spiro atoms. The highest BCUT2D eigenvalue weighted by Crippen LogP contribution is 2.44. The summed E-state index contributed by atoms with van der Waals surface area (Å²) in [5, 5.41) is 4.20. The molecule has 0 amide bonds. The zero-order valence-corrected chi connectivity index (χ0v) is 13.6. The van der Waals surface area contributed by atoms with E-state index in [-0.39, 0.29) is 5.78 Å². The first kappa shape index (κ1) is 13.0. The normalized spacial score (nSPS) is 12.7. The highest BCUT2D eigenvalue weighted by Gasteiger charge is 2.27. The average Bonchev–Trinajstić information content (AvgIpc) is 2.59. The van der Waals surface area contributed by atoms with E-state index in [0.717, 1.165) is 48.3 Å². The molecule has 1 aliphatic rings. The molecule has 0 unspecified atom stereocenters. The summed E-state index contributed by atoms with van der Waals surface area (Å²) in [7, 11) is 0. The Balaban J connectivity index is 2.08. The Morgan fingerprint density at radius 3 is 2.52 bits per heavy atom. The number of fused-ring (bicyclic) bond motifs is 4. The number of ketones is 1. The number of aromatic nitrogens is 1. The standard InChI is InChI=1S/C20H10BrNO/c21-17-8-15-19(13-6-2-1-5-12(13)17)16-10-22-9-11-4-3-7-14(18(11)16)20(15)23/h1-10H. The van der Waals surface area contributed by atoms with Gasteiger partial charge in [0, 0.05) is 49.9 Å². The predicted molar refractivity (Wildman–Crippen MR) is 95.8 cm³/mol. The van der Waals surface area contributed by atoms with Crippen molar-refractivity contribution in [3.05, 3.63) is 76.5 Å². The van der Waals surface area contributed by atoms with Crippen molar-refractivity contribution in [3.63, 3.8) is 0 Å². The summed E-state index contributed by atoms with van der Waals surface area (Å²) < 4.78 is 0.944. The molecule has 108 valence electrons. The average molecular weight is 360 g/mol. The monoisotopic (exact) mass is 359 g/mol. The van der Waals surface area contributed by atoms with Crippen molar-refractivity contribution in [2.75, 3.05) is 0 Å². The van der Waals surface area contributed by atoms with Crippen molar-refractivity contribution in [2.45, 2.75) is 0 Å². The number of benzene rings is 3. The molecule has 5 rings (SSSR count). The lowest BCUT2D eigenvalue weighted by molar-refractivity contribution is 0.104. The quantitative estimate of drug-likeness (QED) is 0.372. The smallest absolute Gasteiger partial charge is 0.194 e. The van der Waals surface area contributed by atoms with E-state index < -0.39 is 0 Å². The second-order valence-corrected chi connectivity index (χ2v) is 6.60. The summed E-state index contributed by atoms with van der Waals surface area (Å²) in [6, 6.07) is 15.9. The molecule has 23 heavy (non-hydrogen) atoms. The van der Waals surface area contributed by atoms with E-state index in [1.807, 2.05) is 48.8 Å². The van der Waals surface area contributed by atoms with E-state index in [2.05, 4.69) is 33.0 Å². The summed E-state index contributed by atoms with van der Waals surface area (Å²) in [5.41, 5.74) is 3.53. The predicted octanol–water partition coefficient (Wildman–Crippen LogP) is 5.36. The lowest BCUT2D eigenvalue weighted by atomic mass is 9.81.